The van der Waals surface area contributed by atoms with Gasteiger partial charge in [0, 0.05) is 0 Å². The van der Waals surface area contributed by atoms with Gasteiger partial charge >= 0.3 is 0 Å². The van der Waals surface area contributed by atoms with Crippen LogP contribution in [-0.4, -0.2) is 25.2 Å². The van der Waals surface area contributed by atoms with E-state index in [4.69, 9.17) is 18.1 Å². The average Bonchev–Trinajstić information content (AvgIpc) is 1.99. The molecule has 0 fully saturated rings. The van der Waals surface area contributed by atoms with Gasteiger partial charge in [0.2, 0.25) is 5.75 Å². The topological polar surface area (TPSA) is 49.7 Å². The Kier molecular flexibility index (Phi) is 1.94. The van der Waals surface area contributed by atoms with Crippen molar-refractivity contribution in [3.8, 4) is 17.2 Å². The minimum absolute atomic E-state index is 0.00463. The lowest BCUT2D eigenvalue weighted by molar-refractivity contribution is 0.346. The molecule has 0 atom stereocenters. The van der Waals surface area contributed by atoms with Crippen molar-refractivity contribution in [2.24, 2.45) is 0 Å². The van der Waals surface area contributed by atoms with Crippen LogP contribution in [0, 0.1) is 0 Å². The molecule has 2 radical (unpaired) electrons. The van der Waals surface area contributed by atoms with Crippen molar-refractivity contribution in [1.29, 1.82) is 0 Å². The molecule has 0 unspecified atom stereocenters. The summed E-state index contributed by atoms with van der Waals surface area (Å²) < 4.78 is 4.68. The first-order valence-electron chi connectivity index (χ1n) is 3.01. The molecule has 3 nitrogen and oxygen atoms in total. The Bertz CT molecular complexity index is 273. The Balaban J connectivity index is 3.29. The normalized spacial score (nSPS) is 9.55. The highest BCUT2D eigenvalue weighted by atomic mass is 16.5. The molecule has 56 valence electrons. The van der Waals surface area contributed by atoms with Crippen molar-refractivity contribution in [3.05, 3.63) is 12.1 Å². The Morgan fingerprint density at radius 1 is 1.36 bits per heavy atom. The number of hydrogen-bond acceptors (Lipinski definition) is 3. The van der Waals surface area contributed by atoms with Crippen molar-refractivity contribution in [2.45, 2.75) is 0 Å². The number of hydrogen-bond donors (Lipinski definition) is 2. The minimum atomic E-state index is -0.229. The zero-order chi connectivity index (χ0) is 8.43. The molecule has 0 aliphatic heterocycles. The van der Waals surface area contributed by atoms with E-state index in [2.05, 4.69) is 4.74 Å². The van der Waals surface area contributed by atoms with Gasteiger partial charge in [-0.25, -0.2) is 0 Å². The summed E-state index contributed by atoms with van der Waals surface area (Å²) >= 11 is 0. The predicted molar refractivity (Wildman–Crippen MR) is 41.7 cm³/mol. The summed E-state index contributed by atoms with van der Waals surface area (Å²) in [6, 6.07) is 2.75. The number of aromatic hydroxyl groups is 2. The van der Waals surface area contributed by atoms with Crippen molar-refractivity contribution in [1.82, 2.24) is 0 Å². The van der Waals surface area contributed by atoms with E-state index in [0.717, 1.165) is 0 Å². The fourth-order valence-electron chi connectivity index (χ4n) is 0.777. The molecule has 2 N–H and O–H groups in total. The van der Waals surface area contributed by atoms with Crippen molar-refractivity contribution in [2.75, 3.05) is 7.11 Å². The minimum Gasteiger partial charge on any atom is -0.505 e. The SMILES string of the molecule is [B]c1ccc(O)c(OC)c1O. The van der Waals surface area contributed by atoms with Crippen LogP contribution in [0.5, 0.6) is 17.2 Å². The van der Waals surface area contributed by atoms with Crippen LogP contribution in [0.2, 0.25) is 0 Å². The maximum Gasteiger partial charge on any atom is 0.202 e. The van der Waals surface area contributed by atoms with Gasteiger partial charge in [0.25, 0.3) is 0 Å². The average molecular weight is 150 g/mol. The molecule has 0 saturated heterocycles. The molecular weight excluding hydrogens is 143 g/mol. The van der Waals surface area contributed by atoms with Gasteiger partial charge in [-0.2, -0.15) is 0 Å². The molecule has 1 aromatic rings. The summed E-state index contributed by atoms with van der Waals surface area (Å²) in [5.74, 6) is -0.350. The van der Waals surface area contributed by atoms with Crippen LogP contribution in [-0.2, 0) is 0 Å². The fraction of sp³-hybridized carbons (Fsp3) is 0.143. The molecule has 0 aliphatic carbocycles. The number of rotatable bonds is 1. The van der Waals surface area contributed by atoms with Crippen molar-refractivity contribution in [3.63, 3.8) is 0 Å². The van der Waals surface area contributed by atoms with E-state index >= 15 is 0 Å². The van der Waals surface area contributed by atoms with E-state index in [1.54, 1.807) is 0 Å². The third-order valence-electron chi connectivity index (χ3n) is 1.35. The van der Waals surface area contributed by atoms with Gasteiger partial charge in [0.05, 0.1) is 7.11 Å². The van der Waals surface area contributed by atoms with E-state index in [1.807, 2.05) is 0 Å². The first-order chi connectivity index (χ1) is 5.16. The molecule has 1 rings (SSSR count). The van der Waals surface area contributed by atoms with E-state index in [0.29, 0.717) is 0 Å². The maximum atomic E-state index is 9.17. The zero-order valence-corrected chi connectivity index (χ0v) is 6.03. The molecule has 0 saturated carbocycles. The van der Waals surface area contributed by atoms with Gasteiger partial charge < -0.3 is 14.9 Å². The van der Waals surface area contributed by atoms with Crippen molar-refractivity contribution >= 4 is 13.3 Å². The van der Waals surface area contributed by atoms with E-state index in [9.17, 15) is 0 Å². The molecule has 0 spiro atoms. The molecule has 4 heteroatoms. The predicted octanol–water partition coefficient (Wildman–Crippen LogP) is -0.0998. The second kappa shape index (κ2) is 2.74. The van der Waals surface area contributed by atoms with Gasteiger partial charge in [-0.05, 0) is 6.07 Å². The van der Waals surface area contributed by atoms with Crippen LogP contribution in [0.4, 0.5) is 0 Å². The summed E-state index contributed by atoms with van der Waals surface area (Å²) in [5, 5.41) is 18.2. The van der Waals surface area contributed by atoms with Crippen molar-refractivity contribution < 1.29 is 14.9 Å². The van der Waals surface area contributed by atoms with Gasteiger partial charge in [-0.1, -0.05) is 11.5 Å². The van der Waals surface area contributed by atoms with Gasteiger partial charge in [0.15, 0.2) is 11.5 Å². The molecule has 0 aliphatic rings. The largest absolute Gasteiger partial charge is 0.505 e. The monoisotopic (exact) mass is 150 g/mol. The third kappa shape index (κ3) is 1.24. The number of ether oxygens (including phenoxy) is 1. The summed E-state index contributed by atoms with van der Waals surface area (Å²) in [6.07, 6.45) is 0. The van der Waals surface area contributed by atoms with E-state index in [-0.39, 0.29) is 22.7 Å². The molecule has 0 bridgehead atoms. The van der Waals surface area contributed by atoms with Gasteiger partial charge in [0.1, 0.15) is 7.85 Å². The molecular formula is C7H7BO3. The van der Waals surface area contributed by atoms with Crippen LogP contribution in [0.3, 0.4) is 0 Å². The third-order valence-corrected chi connectivity index (χ3v) is 1.35. The number of phenolic OH excluding ortho intramolecular Hbond substituents is 2. The molecule has 0 heterocycles. The van der Waals surface area contributed by atoms with Crippen LogP contribution < -0.4 is 10.2 Å². The van der Waals surface area contributed by atoms with Crippen LogP contribution in [0.25, 0.3) is 0 Å². The number of methoxy groups -OCH3 is 1. The van der Waals surface area contributed by atoms with E-state index < -0.39 is 0 Å². The van der Waals surface area contributed by atoms with E-state index in [1.165, 1.54) is 19.2 Å². The maximum absolute atomic E-state index is 9.17. The van der Waals surface area contributed by atoms with Crippen LogP contribution in [0.1, 0.15) is 0 Å². The van der Waals surface area contributed by atoms with Crippen LogP contribution >= 0.6 is 0 Å². The number of phenols is 2. The lowest BCUT2D eigenvalue weighted by Crippen LogP contribution is -2.03. The summed E-state index contributed by atoms with van der Waals surface area (Å²) in [6.45, 7) is 0. The lowest BCUT2D eigenvalue weighted by atomic mass is 9.94. The van der Waals surface area contributed by atoms with Crippen LogP contribution in [0.15, 0.2) is 12.1 Å². The fourth-order valence-corrected chi connectivity index (χ4v) is 0.777. The zero-order valence-electron chi connectivity index (χ0n) is 6.03. The molecule has 11 heavy (non-hydrogen) atoms. The smallest absolute Gasteiger partial charge is 0.202 e. The Labute approximate surface area is 65.7 Å². The van der Waals surface area contributed by atoms with Gasteiger partial charge in [-0.15, -0.1) is 0 Å². The molecule has 0 amide bonds. The number of benzene rings is 1. The highest BCUT2D eigenvalue weighted by Crippen LogP contribution is 2.32. The highest BCUT2D eigenvalue weighted by molar-refractivity contribution is 6.34. The molecule has 0 aromatic heterocycles. The molecule has 1 aromatic carbocycles. The standard InChI is InChI=1S/C7H7BO3/c1-11-7-5(9)3-2-4(8)6(7)10/h2-3,9-10H,1H3. The highest BCUT2D eigenvalue weighted by Gasteiger charge is 2.08. The first kappa shape index (κ1) is 7.79. The second-order valence-electron chi connectivity index (χ2n) is 2.06. The Morgan fingerprint density at radius 3 is 2.45 bits per heavy atom. The lowest BCUT2D eigenvalue weighted by Gasteiger charge is -2.07. The Hall–Kier alpha value is -1.32. The quantitative estimate of drug-likeness (QED) is 0.549. The summed E-state index contributed by atoms with van der Waals surface area (Å²) in [4.78, 5) is 0. The Morgan fingerprint density at radius 2 is 2.00 bits per heavy atom. The first-order valence-corrected chi connectivity index (χ1v) is 3.01. The summed E-state index contributed by atoms with van der Waals surface area (Å²) in [5.41, 5.74) is 0.180. The second-order valence-corrected chi connectivity index (χ2v) is 2.06. The van der Waals surface area contributed by atoms with Gasteiger partial charge in [-0.3, -0.25) is 0 Å². The summed E-state index contributed by atoms with van der Waals surface area (Å²) in [7, 11) is 6.67.